The molecule has 1 atom stereocenters. The number of rotatable bonds is 21. The second-order valence-corrected chi connectivity index (χ2v) is 10.2. The molecule has 0 fully saturated rings. The van der Waals surface area contributed by atoms with Crippen LogP contribution in [0.2, 0.25) is 0 Å². The predicted molar refractivity (Wildman–Crippen MR) is 127 cm³/mol. The molecule has 0 aromatic carbocycles. The van der Waals surface area contributed by atoms with Crippen molar-refractivity contribution in [2.45, 2.75) is 122 Å². The number of aliphatic hydroxyl groups is 1. The molecule has 0 saturated carbocycles. The molecular formula is C24H46INOS2. The Morgan fingerprint density at radius 3 is 1.72 bits per heavy atom. The zero-order valence-corrected chi connectivity index (χ0v) is 22.6. The van der Waals surface area contributed by atoms with Crippen molar-refractivity contribution in [2.24, 2.45) is 0 Å². The van der Waals surface area contributed by atoms with Crippen LogP contribution in [0.25, 0.3) is 0 Å². The van der Waals surface area contributed by atoms with E-state index in [0.29, 0.717) is 0 Å². The van der Waals surface area contributed by atoms with Crippen LogP contribution >= 0.6 is 23.1 Å². The van der Waals surface area contributed by atoms with Gasteiger partial charge in [0, 0.05) is 5.75 Å². The van der Waals surface area contributed by atoms with Crippen molar-refractivity contribution in [1.82, 2.24) is 0 Å². The second-order valence-electron chi connectivity index (χ2n) is 8.26. The SMILES string of the molecule is CCCCCCCCCCCCCCCCCCSCC(O)C[n+]1ccsc1.[I-]. The number of hydrogen-bond acceptors (Lipinski definition) is 3. The fraction of sp³-hybridized carbons (Fsp3) is 0.875. The summed E-state index contributed by atoms with van der Waals surface area (Å²) >= 11 is 3.59. The molecule has 1 unspecified atom stereocenters. The highest BCUT2D eigenvalue weighted by molar-refractivity contribution is 7.99. The molecule has 1 aromatic rings. The zero-order valence-electron chi connectivity index (χ0n) is 18.8. The molecular weight excluding hydrogens is 509 g/mol. The molecule has 29 heavy (non-hydrogen) atoms. The van der Waals surface area contributed by atoms with Crippen LogP contribution in [0.3, 0.4) is 0 Å². The van der Waals surface area contributed by atoms with Gasteiger partial charge in [-0.3, -0.25) is 0 Å². The third-order valence-electron chi connectivity index (χ3n) is 5.40. The third-order valence-corrected chi connectivity index (χ3v) is 7.27. The van der Waals surface area contributed by atoms with Gasteiger partial charge in [0.1, 0.15) is 6.10 Å². The van der Waals surface area contributed by atoms with Gasteiger partial charge in [0.2, 0.25) is 5.51 Å². The first-order chi connectivity index (χ1) is 13.8. The Morgan fingerprint density at radius 2 is 1.28 bits per heavy atom. The number of unbranched alkanes of at least 4 members (excludes halogenated alkanes) is 15. The molecule has 1 N–H and O–H groups in total. The van der Waals surface area contributed by atoms with Gasteiger partial charge >= 0.3 is 0 Å². The van der Waals surface area contributed by atoms with E-state index in [1.54, 1.807) is 11.3 Å². The molecule has 0 amide bonds. The lowest BCUT2D eigenvalue weighted by Crippen LogP contribution is -3.00. The Kier molecular flexibility index (Phi) is 23.9. The lowest BCUT2D eigenvalue weighted by atomic mass is 10.0. The Morgan fingerprint density at radius 1 is 0.793 bits per heavy atom. The van der Waals surface area contributed by atoms with E-state index in [-0.39, 0.29) is 30.1 Å². The Balaban J connectivity index is 0.00000784. The Labute approximate surface area is 206 Å². The van der Waals surface area contributed by atoms with Gasteiger partial charge in [0.05, 0.1) is 5.38 Å². The molecule has 1 heterocycles. The third kappa shape index (κ3) is 20.3. The summed E-state index contributed by atoms with van der Waals surface area (Å²) in [5.41, 5.74) is 2.06. The van der Waals surface area contributed by atoms with E-state index in [1.807, 2.05) is 18.0 Å². The molecule has 0 aliphatic carbocycles. The maximum atomic E-state index is 10.0. The Bertz CT molecular complexity index is 417. The first kappa shape index (κ1) is 29.7. The van der Waals surface area contributed by atoms with Crippen LogP contribution in [0.15, 0.2) is 17.1 Å². The monoisotopic (exact) mass is 555 g/mol. The van der Waals surface area contributed by atoms with Gasteiger partial charge in [-0.25, -0.2) is 0 Å². The van der Waals surface area contributed by atoms with Crippen molar-refractivity contribution in [1.29, 1.82) is 0 Å². The van der Waals surface area contributed by atoms with E-state index in [0.717, 1.165) is 12.3 Å². The van der Waals surface area contributed by atoms with Gasteiger partial charge in [0.15, 0.2) is 12.7 Å². The molecule has 0 radical (unpaired) electrons. The predicted octanol–water partition coefficient (Wildman–Crippen LogP) is 4.40. The molecule has 172 valence electrons. The summed E-state index contributed by atoms with van der Waals surface area (Å²) in [6.07, 6.45) is 24.6. The van der Waals surface area contributed by atoms with Gasteiger partial charge in [-0.05, 0) is 12.2 Å². The van der Waals surface area contributed by atoms with Gasteiger partial charge in [-0.2, -0.15) is 16.3 Å². The lowest BCUT2D eigenvalue weighted by molar-refractivity contribution is -0.698. The molecule has 1 rings (SSSR count). The molecule has 0 spiro atoms. The standard InChI is InChI=1S/C24H46NOS2.HI/c1-2-3-4-5-6-7-8-9-10-11-12-13-14-15-16-17-19-27-22-24(26)21-25-18-20-28-23-25;/h18,20,23-24,26H,2-17,19,21-22H2,1H3;1H/q+1;/p-1. The number of hydrogen-bond donors (Lipinski definition) is 1. The van der Waals surface area contributed by atoms with E-state index in [2.05, 4.69) is 22.4 Å². The maximum absolute atomic E-state index is 10.0. The summed E-state index contributed by atoms with van der Waals surface area (Å²) in [4.78, 5) is 0. The molecule has 2 nitrogen and oxygen atoms in total. The van der Waals surface area contributed by atoms with E-state index in [1.165, 1.54) is 108 Å². The average molecular weight is 556 g/mol. The highest BCUT2D eigenvalue weighted by Gasteiger charge is 2.10. The van der Waals surface area contributed by atoms with Gasteiger partial charge in [-0.1, -0.05) is 115 Å². The highest BCUT2D eigenvalue weighted by atomic mass is 127. The Hall–Kier alpha value is 0.670. The quantitative estimate of drug-likeness (QED) is 0.138. The lowest BCUT2D eigenvalue weighted by Gasteiger charge is -2.06. The number of aliphatic hydroxyl groups excluding tert-OH is 1. The molecule has 0 saturated heterocycles. The molecule has 5 heteroatoms. The van der Waals surface area contributed by atoms with Crippen molar-refractivity contribution in [3.05, 3.63) is 17.1 Å². The van der Waals surface area contributed by atoms with E-state index in [4.69, 9.17) is 0 Å². The summed E-state index contributed by atoms with van der Waals surface area (Å²) in [5.74, 6) is 2.06. The molecule has 0 aliphatic rings. The number of aromatic nitrogens is 1. The molecule has 1 aromatic heterocycles. The minimum Gasteiger partial charge on any atom is -1.00 e. The minimum absolute atomic E-state index is 0. The smallest absolute Gasteiger partial charge is 0.224 e. The van der Waals surface area contributed by atoms with Crippen LogP contribution in [0.4, 0.5) is 0 Å². The number of thioether (sulfide) groups is 1. The summed E-state index contributed by atoms with van der Waals surface area (Å²) in [6.45, 7) is 3.02. The first-order valence-corrected chi connectivity index (χ1v) is 14.1. The maximum Gasteiger partial charge on any atom is 0.224 e. The summed E-state index contributed by atoms with van der Waals surface area (Å²) < 4.78 is 2.07. The number of thiazole rings is 1. The summed E-state index contributed by atoms with van der Waals surface area (Å²) in [6, 6.07) is 0. The van der Waals surface area contributed by atoms with Crippen LogP contribution in [0.5, 0.6) is 0 Å². The van der Waals surface area contributed by atoms with E-state index < -0.39 is 0 Å². The normalized spacial score (nSPS) is 12.1. The van der Waals surface area contributed by atoms with Crippen LogP contribution in [-0.4, -0.2) is 22.7 Å². The zero-order chi connectivity index (χ0) is 20.1. The topological polar surface area (TPSA) is 24.1 Å². The molecule has 0 bridgehead atoms. The average Bonchev–Trinajstić information content (AvgIpc) is 3.20. The number of nitrogens with zero attached hydrogens (tertiary/aromatic N) is 1. The van der Waals surface area contributed by atoms with E-state index >= 15 is 0 Å². The van der Waals surface area contributed by atoms with Crippen LogP contribution in [-0.2, 0) is 6.54 Å². The number of halogens is 1. The van der Waals surface area contributed by atoms with Gasteiger partial charge in [-0.15, -0.1) is 0 Å². The van der Waals surface area contributed by atoms with Gasteiger partial charge in [0.25, 0.3) is 0 Å². The van der Waals surface area contributed by atoms with Crippen molar-refractivity contribution in [3.63, 3.8) is 0 Å². The highest BCUT2D eigenvalue weighted by Crippen LogP contribution is 2.14. The summed E-state index contributed by atoms with van der Waals surface area (Å²) in [5, 5.41) is 12.1. The van der Waals surface area contributed by atoms with Crippen molar-refractivity contribution >= 4 is 23.1 Å². The largest absolute Gasteiger partial charge is 1.00 e. The minimum atomic E-state index is -0.217. The van der Waals surface area contributed by atoms with Crippen LogP contribution in [0.1, 0.15) is 110 Å². The van der Waals surface area contributed by atoms with Crippen molar-refractivity contribution in [2.75, 3.05) is 11.5 Å². The second kappa shape index (κ2) is 23.3. The summed E-state index contributed by atoms with van der Waals surface area (Å²) in [7, 11) is 0. The van der Waals surface area contributed by atoms with Crippen molar-refractivity contribution in [3.8, 4) is 0 Å². The van der Waals surface area contributed by atoms with Crippen LogP contribution < -0.4 is 28.5 Å². The van der Waals surface area contributed by atoms with Crippen molar-refractivity contribution < 1.29 is 33.7 Å². The first-order valence-electron chi connectivity index (χ1n) is 12.0. The van der Waals surface area contributed by atoms with E-state index in [9.17, 15) is 5.11 Å². The van der Waals surface area contributed by atoms with Gasteiger partial charge < -0.3 is 29.1 Å². The fourth-order valence-electron chi connectivity index (χ4n) is 3.63. The van der Waals surface area contributed by atoms with Crippen LogP contribution in [0, 0.1) is 0 Å². The molecule has 0 aliphatic heterocycles. The fourth-order valence-corrected chi connectivity index (χ4v) is 5.20.